The second-order valence-electron chi connectivity index (χ2n) is 5.37. The van der Waals surface area contributed by atoms with Gasteiger partial charge in [-0.2, -0.15) is 0 Å². The molecule has 1 unspecified atom stereocenters. The van der Waals surface area contributed by atoms with Gasteiger partial charge in [-0.3, -0.25) is 9.69 Å². The molecule has 2 N–H and O–H groups in total. The number of hydrogen-bond donors (Lipinski definition) is 1. The lowest BCUT2D eigenvalue weighted by Gasteiger charge is -2.31. The van der Waals surface area contributed by atoms with E-state index in [1.165, 1.54) is 0 Å². The molecule has 20 heavy (non-hydrogen) atoms. The van der Waals surface area contributed by atoms with Crippen LogP contribution in [0.4, 0.5) is 0 Å². The Balaban J connectivity index is 1.73. The number of hydrogen-bond acceptors (Lipinski definition) is 5. The van der Waals surface area contributed by atoms with Crippen molar-refractivity contribution in [3.8, 4) is 0 Å². The van der Waals surface area contributed by atoms with E-state index >= 15 is 0 Å². The second-order valence-corrected chi connectivity index (χ2v) is 6.43. The van der Waals surface area contributed by atoms with Crippen molar-refractivity contribution in [2.24, 2.45) is 5.73 Å². The molecule has 1 aromatic heterocycles. The number of thiazole rings is 1. The Kier molecular flexibility index (Phi) is 2.76. The first-order valence-corrected chi connectivity index (χ1v) is 7.56. The van der Waals surface area contributed by atoms with E-state index in [0.29, 0.717) is 12.6 Å². The Bertz CT molecular complexity index is 638. The van der Waals surface area contributed by atoms with E-state index in [-0.39, 0.29) is 12.0 Å². The van der Waals surface area contributed by atoms with Gasteiger partial charge in [-0.25, -0.2) is 4.98 Å². The molecular weight excluding hydrogens is 274 g/mol. The molecule has 6 heteroatoms. The average Bonchev–Trinajstić information content (AvgIpc) is 3.12. The summed E-state index contributed by atoms with van der Waals surface area (Å²) in [7, 11) is 0. The molecule has 3 heterocycles. The van der Waals surface area contributed by atoms with E-state index in [1.54, 1.807) is 11.3 Å². The van der Waals surface area contributed by atoms with Crippen molar-refractivity contribution in [2.45, 2.75) is 24.6 Å². The monoisotopic (exact) mass is 289 g/mol. The van der Waals surface area contributed by atoms with Crippen LogP contribution in [-0.2, 0) is 9.53 Å². The highest BCUT2D eigenvalue weighted by atomic mass is 32.1. The number of likely N-dealkylation sites (tertiary alicyclic amines) is 1. The standard InChI is InChI=1S/C14H15N3O2S/c15-13(18)12(17-6-9-5-8(17)7-19-9)14-16-10-3-1-2-4-11(10)20-14/h1-4,8-9,12H,5-7H2,(H2,15,18)/t8-,9-,12?/m0/s1. The zero-order valence-corrected chi connectivity index (χ0v) is 11.7. The molecule has 0 aliphatic carbocycles. The number of primary amides is 1. The highest BCUT2D eigenvalue weighted by Crippen LogP contribution is 2.37. The number of benzene rings is 1. The number of ether oxygens (including phenoxy) is 1. The predicted octanol–water partition coefficient (Wildman–Crippen LogP) is 1.30. The van der Waals surface area contributed by atoms with Crippen molar-refractivity contribution >= 4 is 27.5 Å². The van der Waals surface area contributed by atoms with Gasteiger partial charge in [0.05, 0.1) is 22.9 Å². The third-order valence-electron chi connectivity index (χ3n) is 4.09. The molecule has 5 nitrogen and oxygen atoms in total. The van der Waals surface area contributed by atoms with Crippen molar-refractivity contribution in [3.63, 3.8) is 0 Å². The molecular formula is C14H15N3O2S. The van der Waals surface area contributed by atoms with E-state index in [9.17, 15) is 4.79 Å². The first-order valence-electron chi connectivity index (χ1n) is 6.74. The molecule has 104 valence electrons. The third-order valence-corrected chi connectivity index (χ3v) is 5.18. The fourth-order valence-electron chi connectivity index (χ4n) is 3.18. The topological polar surface area (TPSA) is 68.5 Å². The molecule has 2 aliphatic heterocycles. The molecule has 4 rings (SSSR count). The number of rotatable bonds is 3. The van der Waals surface area contributed by atoms with Crippen LogP contribution in [0, 0.1) is 0 Å². The van der Waals surface area contributed by atoms with Crippen LogP contribution in [0.25, 0.3) is 10.2 Å². The van der Waals surface area contributed by atoms with Crippen LogP contribution in [-0.4, -0.2) is 41.1 Å². The summed E-state index contributed by atoms with van der Waals surface area (Å²) in [6.45, 7) is 1.47. The minimum Gasteiger partial charge on any atom is -0.375 e. The first-order chi connectivity index (χ1) is 9.72. The number of nitrogens with two attached hydrogens (primary N) is 1. The van der Waals surface area contributed by atoms with Crippen molar-refractivity contribution in [2.75, 3.05) is 13.2 Å². The van der Waals surface area contributed by atoms with Crippen LogP contribution in [0.5, 0.6) is 0 Å². The van der Waals surface area contributed by atoms with Crippen LogP contribution in [0.1, 0.15) is 17.5 Å². The lowest BCUT2D eigenvalue weighted by atomic mass is 10.2. The Morgan fingerprint density at radius 2 is 2.35 bits per heavy atom. The number of nitrogens with zero attached hydrogens (tertiary/aromatic N) is 2. The minimum absolute atomic E-state index is 0.247. The molecule has 1 amide bonds. The van der Waals surface area contributed by atoms with Gasteiger partial charge >= 0.3 is 0 Å². The number of aromatic nitrogens is 1. The lowest BCUT2D eigenvalue weighted by molar-refractivity contribution is -0.125. The maximum atomic E-state index is 11.9. The third kappa shape index (κ3) is 1.83. The zero-order chi connectivity index (χ0) is 13.7. The van der Waals surface area contributed by atoms with Crippen molar-refractivity contribution < 1.29 is 9.53 Å². The van der Waals surface area contributed by atoms with Crippen LogP contribution in [0.3, 0.4) is 0 Å². The summed E-state index contributed by atoms with van der Waals surface area (Å²) in [5.74, 6) is -0.323. The Morgan fingerprint density at radius 3 is 3.00 bits per heavy atom. The number of carbonyl (C=O) groups is 1. The van der Waals surface area contributed by atoms with Gasteiger partial charge < -0.3 is 10.5 Å². The molecule has 2 bridgehead atoms. The van der Waals surface area contributed by atoms with Crippen LogP contribution in [0.2, 0.25) is 0 Å². The summed E-state index contributed by atoms with van der Waals surface area (Å²) in [5.41, 5.74) is 6.58. The maximum absolute atomic E-state index is 11.9. The highest BCUT2D eigenvalue weighted by Gasteiger charge is 2.45. The second kappa shape index (κ2) is 4.51. The zero-order valence-electron chi connectivity index (χ0n) is 10.9. The molecule has 2 fully saturated rings. The number of fused-ring (bicyclic) bond motifs is 3. The maximum Gasteiger partial charge on any atom is 0.241 e. The van der Waals surface area contributed by atoms with Gasteiger partial charge in [0.2, 0.25) is 5.91 Å². The summed E-state index contributed by atoms with van der Waals surface area (Å²) >= 11 is 1.55. The van der Waals surface area contributed by atoms with E-state index in [2.05, 4.69) is 9.88 Å². The SMILES string of the molecule is NC(=O)C(c1nc2ccccc2s1)N1C[C@@H]2C[C@H]1CO2. The van der Waals surface area contributed by atoms with E-state index < -0.39 is 6.04 Å². The number of carbonyl (C=O) groups excluding carboxylic acids is 1. The van der Waals surface area contributed by atoms with Crippen LogP contribution in [0.15, 0.2) is 24.3 Å². The van der Waals surface area contributed by atoms with Crippen LogP contribution >= 0.6 is 11.3 Å². The first kappa shape index (κ1) is 12.3. The van der Waals surface area contributed by atoms with E-state index in [1.807, 2.05) is 24.3 Å². The van der Waals surface area contributed by atoms with Gasteiger partial charge in [0.15, 0.2) is 0 Å². The van der Waals surface area contributed by atoms with Gasteiger partial charge in [0.1, 0.15) is 11.0 Å². The number of para-hydroxylation sites is 1. The molecule has 1 aromatic carbocycles. The van der Waals surface area contributed by atoms with Crippen molar-refractivity contribution in [1.29, 1.82) is 0 Å². The smallest absolute Gasteiger partial charge is 0.241 e. The van der Waals surface area contributed by atoms with Gasteiger partial charge in [-0.1, -0.05) is 12.1 Å². The van der Waals surface area contributed by atoms with E-state index in [4.69, 9.17) is 10.5 Å². The predicted molar refractivity (Wildman–Crippen MR) is 76.4 cm³/mol. The highest BCUT2D eigenvalue weighted by molar-refractivity contribution is 7.18. The average molecular weight is 289 g/mol. The largest absolute Gasteiger partial charge is 0.375 e. The Morgan fingerprint density at radius 1 is 1.50 bits per heavy atom. The van der Waals surface area contributed by atoms with Crippen LogP contribution < -0.4 is 5.73 Å². The van der Waals surface area contributed by atoms with Gasteiger partial charge in [0.25, 0.3) is 0 Å². The molecule has 0 saturated carbocycles. The Hall–Kier alpha value is -1.50. The van der Waals surface area contributed by atoms with Gasteiger partial charge in [-0.05, 0) is 18.6 Å². The summed E-state index contributed by atoms with van der Waals surface area (Å²) in [6, 6.07) is 7.79. The molecule has 2 aromatic rings. The minimum atomic E-state index is -0.425. The van der Waals surface area contributed by atoms with Crippen molar-refractivity contribution in [3.05, 3.63) is 29.3 Å². The summed E-state index contributed by atoms with van der Waals surface area (Å²) < 4.78 is 6.69. The number of amides is 1. The van der Waals surface area contributed by atoms with Crippen molar-refractivity contribution in [1.82, 2.24) is 9.88 Å². The quantitative estimate of drug-likeness (QED) is 0.924. The molecule has 2 saturated heterocycles. The fourth-order valence-corrected chi connectivity index (χ4v) is 4.28. The normalized spacial score (nSPS) is 27.2. The van der Waals surface area contributed by atoms with Gasteiger partial charge in [0, 0.05) is 12.6 Å². The number of morpholine rings is 1. The molecule has 3 atom stereocenters. The Labute approximate surface area is 120 Å². The summed E-state index contributed by atoms with van der Waals surface area (Å²) in [5, 5.41) is 0.797. The lowest BCUT2D eigenvalue weighted by Crippen LogP contribution is -2.44. The molecule has 0 radical (unpaired) electrons. The molecule has 0 spiro atoms. The summed E-state index contributed by atoms with van der Waals surface area (Å²) in [4.78, 5) is 18.7. The molecule has 2 aliphatic rings. The summed E-state index contributed by atoms with van der Waals surface area (Å²) in [6.07, 6.45) is 1.24. The van der Waals surface area contributed by atoms with E-state index in [0.717, 1.165) is 28.2 Å². The van der Waals surface area contributed by atoms with Gasteiger partial charge in [-0.15, -0.1) is 11.3 Å². The fraction of sp³-hybridized carbons (Fsp3) is 0.429.